The lowest BCUT2D eigenvalue weighted by molar-refractivity contribution is -0.128. The Hall–Kier alpha value is -3.61. The third-order valence-corrected chi connectivity index (χ3v) is 8.27. The highest BCUT2D eigenvalue weighted by Crippen LogP contribution is 2.28. The molecule has 41 heavy (non-hydrogen) atoms. The minimum atomic E-state index is -3.92. The zero-order valence-electron chi connectivity index (χ0n) is 23.4. The number of sulfonamides is 1. The summed E-state index contributed by atoms with van der Waals surface area (Å²) in [6, 6.07) is 13.2. The molecule has 1 saturated heterocycles. The molecule has 2 amide bonds. The van der Waals surface area contributed by atoms with Crippen LogP contribution in [0.3, 0.4) is 0 Å². The first-order chi connectivity index (χ1) is 19.5. The molecule has 3 aromatic rings. The number of rotatable bonds is 12. The molecule has 4 N–H and O–H groups in total. The van der Waals surface area contributed by atoms with Crippen LogP contribution in [0.15, 0.2) is 57.8 Å². The number of hydrogen-bond donors (Lipinski definition) is 3. The zero-order valence-corrected chi connectivity index (χ0v) is 24.2. The standard InChI is InChI=1S/C29H37N5O6S/c1-29(2,14-17-32-26(36)20-12-15-31-16-13-20)28(37)34(21-7-4-3-5-8-21)18-6-9-24(35)27-33-23-19-22(41(30,38)39)10-11-25(23)40-27/h3-5,7-8,10-11,19-20,31H,6,9,12-18H2,1-2H3,(H,32,36)(H2,30,38,39). The number of para-hydroxylation sites is 1. The van der Waals surface area contributed by atoms with E-state index in [-0.39, 0.29) is 58.4 Å². The van der Waals surface area contributed by atoms with E-state index in [1.165, 1.54) is 18.2 Å². The van der Waals surface area contributed by atoms with Crippen LogP contribution in [0.1, 0.15) is 56.6 Å². The molecule has 0 aliphatic carbocycles. The van der Waals surface area contributed by atoms with Gasteiger partial charge in [-0.3, -0.25) is 14.4 Å². The topological polar surface area (TPSA) is 165 Å². The molecule has 0 atom stereocenters. The van der Waals surface area contributed by atoms with Gasteiger partial charge in [0.1, 0.15) is 5.52 Å². The van der Waals surface area contributed by atoms with E-state index in [0.29, 0.717) is 25.1 Å². The summed E-state index contributed by atoms with van der Waals surface area (Å²) in [6.07, 6.45) is 2.51. The van der Waals surface area contributed by atoms with Crippen LogP contribution in [0.25, 0.3) is 11.1 Å². The van der Waals surface area contributed by atoms with Crippen LogP contribution in [0.4, 0.5) is 5.69 Å². The van der Waals surface area contributed by atoms with Gasteiger partial charge in [0.25, 0.3) is 5.89 Å². The molecule has 11 nitrogen and oxygen atoms in total. The molecular formula is C29H37N5O6S. The number of aromatic nitrogens is 1. The molecule has 4 rings (SSSR count). The van der Waals surface area contributed by atoms with Crippen molar-refractivity contribution in [2.45, 2.75) is 50.8 Å². The third kappa shape index (κ3) is 7.78. The summed E-state index contributed by atoms with van der Waals surface area (Å²) < 4.78 is 28.8. The Morgan fingerprint density at radius 3 is 2.51 bits per heavy atom. The van der Waals surface area contributed by atoms with Crippen LogP contribution >= 0.6 is 0 Å². The second kappa shape index (κ2) is 12.9. The van der Waals surface area contributed by atoms with Gasteiger partial charge in [0.15, 0.2) is 5.58 Å². The molecule has 0 bridgehead atoms. The number of oxazole rings is 1. The van der Waals surface area contributed by atoms with Gasteiger partial charge in [0, 0.05) is 36.5 Å². The van der Waals surface area contributed by atoms with Crippen LogP contribution in [-0.4, -0.2) is 57.2 Å². The molecular weight excluding hydrogens is 546 g/mol. The maximum Gasteiger partial charge on any atom is 0.264 e. The number of primary sulfonamides is 1. The number of nitrogens with one attached hydrogen (secondary N) is 2. The van der Waals surface area contributed by atoms with E-state index in [4.69, 9.17) is 9.56 Å². The molecule has 1 aliphatic rings. The summed E-state index contributed by atoms with van der Waals surface area (Å²) in [5.41, 5.74) is 0.447. The summed E-state index contributed by atoms with van der Waals surface area (Å²) in [6.45, 7) is 6.08. The predicted octanol–water partition coefficient (Wildman–Crippen LogP) is 3.00. The first kappa shape index (κ1) is 30.4. The second-order valence-electron chi connectivity index (χ2n) is 11.0. The Morgan fingerprint density at radius 1 is 1.12 bits per heavy atom. The molecule has 0 saturated carbocycles. The van der Waals surface area contributed by atoms with Crippen LogP contribution in [0, 0.1) is 11.3 Å². The van der Waals surface area contributed by atoms with E-state index in [2.05, 4.69) is 15.6 Å². The maximum absolute atomic E-state index is 13.7. The van der Waals surface area contributed by atoms with Crippen molar-refractivity contribution in [2.75, 3.05) is 31.1 Å². The first-order valence-corrected chi connectivity index (χ1v) is 15.3. The van der Waals surface area contributed by atoms with Crippen molar-refractivity contribution in [1.29, 1.82) is 0 Å². The Balaban J connectivity index is 1.38. The van der Waals surface area contributed by atoms with Crippen LogP contribution in [0.5, 0.6) is 0 Å². The number of nitrogens with two attached hydrogens (primary N) is 1. The summed E-state index contributed by atoms with van der Waals surface area (Å²) in [7, 11) is -3.92. The van der Waals surface area contributed by atoms with Crippen LogP contribution in [0.2, 0.25) is 0 Å². The van der Waals surface area contributed by atoms with Crippen molar-refractivity contribution in [3.63, 3.8) is 0 Å². The molecule has 2 aromatic carbocycles. The molecule has 1 aliphatic heterocycles. The van der Waals surface area contributed by atoms with Crippen molar-refractivity contribution in [3.8, 4) is 0 Å². The van der Waals surface area contributed by atoms with E-state index in [1.54, 1.807) is 4.90 Å². The predicted molar refractivity (Wildman–Crippen MR) is 155 cm³/mol. The number of ketones is 1. The molecule has 220 valence electrons. The van der Waals surface area contributed by atoms with Crippen LogP contribution < -0.4 is 20.7 Å². The molecule has 1 aromatic heterocycles. The normalized spacial score (nSPS) is 14.6. The fraction of sp³-hybridized carbons (Fsp3) is 0.448. The fourth-order valence-corrected chi connectivity index (χ4v) is 5.40. The van der Waals surface area contributed by atoms with Crippen molar-refractivity contribution in [1.82, 2.24) is 15.6 Å². The molecule has 0 radical (unpaired) electrons. The van der Waals surface area contributed by atoms with Crippen molar-refractivity contribution in [3.05, 3.63) is 54.4 Å². The Morgan fingerprint density at radius 2 is 1.83 bits per heavy atom. The Kier molecular flexibility index (Phi) is 9.57. The van der Waals surface area contributed by atoms with E-state index >= 15 is 0 Å². The number of piperidine rings is 1. The molecule has 0 unspecified atom stereocenters. The van der Waals surface area contributed by atoms with Gasteiger partial charge in [-0.1, -0.05) is 32.0 Å². The van der Waals surface area contributed by atoms with Gasteiger partial charge in [-0.05, 0) is 69.1 Å². The quantitative estimate of drug-likeness (QED) is 0.274. The highest BCUT2D eigenvalue weighted by atomic mass is 32.2. The van der Waals surface area contributed by atoms with Crippen LogP contribution in [-0.2, 0) is 19.6 Å². The number of hydrogen-bond acceptors (Lipinski definition) is 8. The Bertz CT molecular complexity index is 1500. The lowest BCUT2D eigenvalue weighted by Crippen LogP contribution is -2.44. The number of amides is 2. The van der Waals surface area contributed by atoms with Crippen molar-refractivity contribution in [2.24, 2.45) is 16.5 Å². The highest BCUT2D eigenvalue weighted by Gasteiger charge is 2.33. The number of nitrogens with zero attached hydrogens (tertiary/aromatic N) is 2. The average molecular weight is 584 g/mol. The van der Waals surface area contributed by atoms with Gasteiger partial charge < -0.3 is 20.0 Å². The zero-order chi connectivity index (χ0) is 29.6. The lowest BCUT2D eigenvalue weighted by atomic mass is 9.87. The number of Topliss-reactive ketones (excluding diaryl/α,β-unsaturated/α-hetero) is 1. The molecule has 2 heterocycles. The number of carbonyl (C=O) groups is 3. The maximum atomic E-state index is 13.7. The van der Waals surface area contributed by atoms with E-state index in [1.807, 2.05) is 44.2 Å². The number of benzene rings is 2. The largest absolute Gasteiger partial charge is 0.434 e. The summed E-state index contributed by atoms with van der Waals surface area (Å²) in [4.78, 5) is 44.9. The minimum absolute atomic E-state index is 0.00501. The minimum Gasteiger partial charge on any atom is -0.434 e. The van der Waals surface area contributed by atoms with Crippen molar-refractivity contribution < 1.29 is 27.2 Å². The third-order valence-electron chi connectivity index (χ3n) is 7.36. The Labute approximate surface area is 239 Å². The first-order valence-electron chi connectivity index (χ1n) is 13.8. The van der Waals surface area contributed by atoms with Gasteiger partial charge in [-0.25, -0.2) is 18.5 Å². The fourth-order valence-electron chi connectivity index (χ4n) is 4.86. The lowest BCUT2D eigenvalue weighted by Gasteiger charge is -2.32. The van der Waals surface area contributed by atoms with Crippen molar-refractivity contribution >= 4 is 44.4 Å². The number of fused-ring (bicyclic) bond motifs is 1. The SMILES string of the molecule is CC(C)(CCNC(=O)C1CCNCC1)C(=O)N(CCCC(=O)c1nc2cc(S(N)(=O)=O)ccc2o1)c1ccccc1. The van der Waals surface area contributed by atoms with E-state index in [9.17, 15) is 22.8 Å². The summed E-state index contributed by atoms with van der Waals surface area (Å²) >= 11 is 0. The molecule has 0 spiro atoms. The number of anilines is 1. The van der Waals surface area contributed by atoms with E-state index in [0.717, 1.165) is 25.9 Å². The molecule has 12 heteroatoms. The average Bonchev–Trinajstić information content (AvgIpc) is 3.39. The number of carbonyl (C=O) groups excluding carboxylic acids is 3. The van der Waals surface area contributed by atoms with Gasteiger partial charge in [-0.2, -0.15) is 0 Å². The monoisotopic (exact) mass is 583 g/mol. The smallest absolute Gasteiger partial charge is 0.264 e. The van der Waals surface area contributed by atoms with E-state index < -0.39 is 15.4 Å². The van der Waals surface area contributed by atoms with Gasteiger partial charge in [0.05, 0.1) is 4.90 Å². The van der Waals surface area contributed by atoms with Gasteiger partial charge in [-0.15, -0.1) is 0 Å². The van der Waals surface area contributed by atoms with Gasteiger partial charge in [0.2, 0.25) is 27.6 Å². The summed E-state index contributed by atoms with van der Waals surface area (Å²) in [5, 5.41) is 11.4. The molecule has 1 fully saturated rings. The van der Waals surface area contributed by atoms with Gasteiger partial charge >= 0.3 is 0 Å². The summed E-state index contributed by atoms with van der Waals surface area (Å²) in [5.74, 6) is -0.559. The second-order valence-corrected chi connectivity index (χ2v) is 12.5. The highest BCUT2D eigenvalue weighted by molar-refractivity contribution is 7.89.